The highest BCUT2D eigenvalue weighted by atomic mass is 127. The Kier molecular flexibility index (Phi) is 7.83. The zero-order valence-corrected chi connectivity index (χ0v) is 26.8. The van der Waals surface area contributed by atoms with Crippen LogP contribution in [0.3, 0.4) is 0 Å². The molecule has 40 heavy (non-hydrogen) atoms. The minimum absolute atomic E-state index is 0.0319. The van der Waals surface area contributed by atoms with Crippen molar-refractivity contribution < 1.29 is 4.55 Å². The normalized spacial score (nSPS) is 19.2. The van der Waals surface area contributed by atoms with E-state index in [-0.39, 0.29) is 16.2 Å². The Hall–Kier alpha value is -2.22. The third-order valence-electron chi connectivity index (χ3n) is 7.93. The Morgan fingerprint density at radius 1 is 1.07 bits per heavy atom. The fraction of sp³-hybridized carbons (Fsp3) is 0.367. The van der Waals surface area contributed by atoms with E-state index in [2.05, 4.69) is 67.8 Å². The molecule has 0 saturated carbocycles. The number of nitrogens with one attached hydrogen (secondary N) is 1. The van der Waals surface area contributed by atoms with Gasteiger partial charge < -0.3 is 9.45 Å². The Labute approximate surface area is 253 Å². The number of hydrogen-bond acceptors (Lipinski definition) is 6. The topological polar surface area (TPSA) is 81.9 Å². The zero-order chi connectivity index (χ0) is 27.9. The molecule has 0 radical (unpaired) electrons. The standard InChI is InChI=1S/C30H32IN6OPS/c1-29(2,3)40(38)35-27-23-12-8-7-11-22(23)19-30(27)15-17-36(18-16-30)25-20-32-26-24(34-37(39-31)28(26)33-25)14-13-21-9-5-4-6-10-21/h4-12,20,27,35,39H,15-19H2,1-3H3/t27-,40?/m1/s1. The van der Waals surface area contributed by atoms with E-state index in [9.17, 15) is 4.55 Å². The number of fused-ring (bicyclic) bond motifs is 2. The highest BCUT2D eigenvalue weighted by Gasteiger charge is 2.50. The maximum absolute atomic E-state index is 13.2. The summed E-state index contributed by atoms with van der Waals surface area (Å²) in [4.78, 5) is 12.2. The average molecular weight is 683 g/mol. The monoisotopic (exact) mass is 682 g/mol. The van der Waals surface area contributed by atoms with Gasteiger partial charge in [0, 0.05) is 35.4 Å². The average Bonchev–Trinajstić information content (AvgIpc) is 3.46. The van der Waals surface area contributed by atoms with Gasteiger partial charge in [-0.3, -0.25) is 0 Å². The molecule has 3 heterocycles. The Bertz CT molecular complexity index is 1590. The van der Waals surface area contributed by atoms with Gasteiger partial charge in [0.25, 0.3) is 0 Å². The van der Waals surface area contributed by atoms with E-state index < -0.39 is 11.4 Å². The zero-order valence-electron chi connectivity index (χ0n) is 22.8. The van der Waals surface area contributed by atoms with Crippen LogP contribution in [-0.2, 0) is 17.8 Å². The summed E-state index contributed by atoms with van der Waals surface area (Å²) in [6.07, 6.45) is 5.25. The Morgan fingerprint density at radius 2 is 1.80 bits per heavy atom. The van der Waals surface area contributed by atoms with Crippen molar-refractivity contribution in [3.63, 3.8) is 0 Å². The molecular formula is C30H32IN6OPS. The second-order valence-electron chi connectivity index (χ2n) is 11.5. The molecule has 1 saturated heterocycles. The number of halogens is 1. The van der Waals surface area contributed by atoms with E-state index in [0.717, 1.165) is 54.9 Å². The van der Waals surface area contributed by atoms with Gasteiger partial charge in [0.15, 0.2) is 11.3 Å². The van der Waals surface area contributed by atoms with Crippen LogP contribution >= 0.6 is 28.4 Å². The number of aromatic nitrogens is 4. The minimum Gasteiger partial charge on any atom is -0.598 e. The third-order valence-corrected chi connectivity index (χ3v) is 11.3. The predicted octanol–water partition coefficient (Wildman–Crippen LogP) is 5.95. The molecule has 1 fully saturated rings. The first-order valence-corrected chi connectivity index (χ1v) is 18.7. The lowest BCUT2D eigenvalue weighted by molar-refractivity contribution is 0.176. The van der Waals surface area contributed by atoms with E-state index in [1.54, 1.807) is 0 Å². The molecule has 7 nitrogen and oxygen atoms in total. The third kappa shape index (κ3) is 5.37. The van der Waals surface area contributed by atoms with Crippen LogP contribution in [0.2, 0.25) is 0 Å². The molecule has 6 rings (SSSR count). The molecule has 2 aliphatic rings. The van der Waals surface area contributed by atoms with Gasteiger partial charge in [-0.1, -0.05) is 48.4 Å². The van der Waals surface area contributed by atoms with Crippen molar-refractivity contribution in [2.24, 2.45) is 5.41 Å². The maximum atomic E-state index is 13.2. The van der Waals surface area contributed by atoms with Crippen LogP contribution in [0.4, 0.5) is 5.82 Å². The SMILES string of the molecule is CC(C)(C)[S+]([O-])N[C@@H]1c2ccccc2CC12CCN(c1cnc3c(C#Cc4ccccc4)nn(PI)c3n1)CC2. The number of nitrogens with zero attached hydrogens (tertiary/aromatic N) is 5. The van der Waals surface area contributed by atoms with Crippen molar-refractivity contribution in [1.29, 1.82) is 0 Å². The Balaban J connectivity index is 1.24. The smallest absolute Gasteiger partial charge is 0.184 e. The first-order chi connectivity index (χ1) is 19.3. The summed E-state index contributed by atoms with van der Waals surface area (Å²) in [5, 5.41) is 4.71. The molecule has 4 aromatic rings. The van der Waals surface area contributed by atoms with Gasteiger partial charge in [0.1, 0.15) is 16.1 Å². The molecule has 3 atom stereocenters. The van der Waals surface area contributed by atoms with Crippen molar-refractivity contribution in [2.45, 2.75) is 50.8 Å². The van der Waals surface area contributed by atoms with Crippen LogP contribution in [0.25, 0.3) is 11.2 Å². The molecule has 1 aliphatic heterocycles. The quantitative estimate of drug-likeness (QED) is 0.124. The molecule has 0 amide bonds. The van der Waals surface area contributed by atoms with Crippen molar-refractivity contribution in [2.75, 3.05) is 18.0 Å². The lowest BCUT2D eigenvalue weighted by Gasteiger charge is -2.44. The van der Waals surface area contributed by atoms with E-state index in [4.69, 9.17) is 15.1 Å². The number of benzene rings is 2. The molecule has 10 heteroatoms. The van der Waals surface area contributed by atoms with Crippen LogP contribution in [0, 0.1) is 17.3 Å². The van der Waals surface area contributed by atoms with Crippen molar-refractivity contribution >= 4 is 56.8 Å². The predicted molar refractivity (Wildman–Crippen MR) is 173 cm³/mol. The van der Waals surface area contributed by atoms with Gasteiger partial charge in [0.05, 0.1) is 18.6 Å². The van der Waals surface area contributed by atoms with Crippen LogP contribution in [0.15, 0.2) is 60.8 Å². The summed E-state index contributed by atoms with van der Waals surface area (Å²) in [6, 6.07) is 18.6. The summed E-state index contributed by atoms with van der Waals surface area (Å²) < 4.78 is 18.3. The first-order valence-electron chi connectivity index (χ1n) is 13.5. The van der Waals surface area contributed by atoms with Crippen molar-refractivity contribution in [3.8, 4) is 11.8 Å². The molecule has 2 unspecified atom stereocenters. The Morgan fingerprint density at radius 3 is 2.52 bits per heavy atom. The molecular weight excluding hydrogens is 650 g/mol. The highest BCUT2D eigenvalue weighted by Crippen LogP contribution is 2.52. The second-order valence-corrected chi connectivity index (χ2v) is 15.6. The van der Waals surface area contributed by atoms with Crippen molar-refractivity contribution in [1.82, 2.24) is 24.2 Å². The van der Waals surface area contributed by atoms with E-state index in [1.165, 1.54) is 11.1 Å². The number of rotatable bonds is 4. The van der Waals surface area contributed by atoms with Gasteiger partial charge in [0.2, 0.25) is 0 Å². The van der Waals surface area contributed by atoms with Crippen LogP contribution in [-0.4, -0.2) is 41.9 Å². The van der Waals surface area contributed by atoms with Crippen LogP contribution in [0.5, 0.6) is 0 Å². The molecule has 1 aliphatic carbocycles. The van der Waals surface area contributed by atoms with E-state index in [1.807, 2.05) is 61.8 Å². The largest absolute Gasteiger partial charge is 0.598 e. The van der Waals surface area contributed by atoms with Crippen LogP contribution in [0.1, 0.15) is 62.0 Å². The summed E-state index contributed by atoms with van der Waals surface area (Å²) in [5.74, 6) is 7.28. The number of anilines is 1. The lowest BCUT2D eigenvalue weighted by atomic mass is 9.73. The van der Waals surface area contributed by atoms with Gasteiger partial charge >= 0.3 is 0 Å². The fourth-order valence-corrected chi connectivity index (χ4v) is 8.06. The van der Waals surface area contributed by atoms with Gasteiger partial charge in [-0.25, -0.2) is 14.4 Å². The highest BCUT2D eigenvalue weighted by molar-refractivity contribution is 14.2. The molecule has 0 bridgehead atoms. The van der Waals surface area contributed by atoms with E-state index in [0.29, 0.717) is 12.1 Å². The number of piperidine rings is 1. The summed E-state index contributed by atoms with van der Waals surface area (Å²) >= 11 is 1.18. The van der Waals surface area contributed by atoms with Gasteiger partial charge in [-0.2, -0.15) is 5.10 Å². The summed E-state index contributed by atoms with van der Waals surface area (Å²) in [6.45, 7) is 7.83. The summed E-state index contributed by atoms with van der Waals surface area (Å²) in [7, 11) is 0. The maximum Gasteiger partial charge on any atom is 0.184 e. The minimum atomic E-state index is -1.14. The fourth-order valence-electron chi connectivity index (χ4n) is 5.74. The molecule has 206 valence electrons. The van der Waals surface area contributed by atoms with Crippen molar-refractivity contribution in [3.05, 3.63) is 83.2 Å². The van der Waals surface area contributed by atoms with Gasteiger partial charge in [-0.15, -0.1) is 4.72 Å². The van der Waals surface area contributed by atoms with Gasteiger partial charge in [-0.05, 0) is 91.3 Å². The molecule has 2 aromatic heterocycles. The number of hydrogen-bond donors (Lipinski definition) is 1. The summed E-state index contributed by atoms with van der Waals surface area (Å²) in [5.41, 5.74) is 5.82. The molecule has 1 spiro atoms. The van der Waals surface area contributed by atoms with E-state index >= 15 is 0 Å². The molecule has 1 N–H and O–H groups in total. The van der Waals surface area contributed by atoms with Crippen LogP contribution < -0.4 is 9.62 Å². The lowest BCUT2D eigenvalue weighted by Crippen LogP contribution is -2.49. The first kappa shape index (κ1) is 27.9. The molecule has 2 aromatic carbocycles. The second kappa shape index (κ2) is 11.2.